The van der Waals surface area contributed by atoms with E-state index in [2.05, 4.69) is 4.98 Å². The van der Waals surface area contributed by atoms with E-state index in [1.165, 1.54) is 10.9 Å². The summed E-state index contributed by atoms with van der Waals surface area (Å²) in [7, 11) is 0. The molecule has 4 atom stereocenters. The predicted octanol–water partition coefficient (Wildman–Crippen LogP) is -1.33. The van der Waals surface area contributed by atoms with E-state index >= 15 is 0 Å². The van der Waals surface area contributed by atoms with E-state index in [0.717, 1.165) is 0 Å². The molecule has 0 bridgehead atoms. The van der Waals surface area contributed by atoms with E-state index in [9.17, 15) is 10.2 Å². The molecule has 0 radical (unpaired) electrons. The van der Waals surface area contributed by atoms with Crippen LogP contribution in [0.5, 0.6) is 0 Å². The Morgan fingerprint density at radius 3 is 2.71 bits per heavy atom. The number of ether oxygens (including phenoxy) is 1. The number of hydrogen-bond acceptors (Lipinski definition) is 6. The van der Waals surface area contributed by atoms with Crippen LogP contribution in [0.25, 0.3) is 0 Å². The van der Waals surface area contributed by atoms with Crippen LogP contribution >= 0.6 is 0 Å². The fourth-order valence-corrected chi connectivity index (χ4v) is 1.90. The molecule has 17 heavy (non-hydrogen) atoms. The topological polar surface area (TPSA) is 112 Å². The molecule has 0 aliphatic carbocycles. The second-order valence-corrected chi connectivity index (χ2v) is 3.93. The summed E-state index contributed by atoms with van der Waals surface area (Å²) in [4.78, 5) is 3.86. The van der Waals surface area contributed by atoms with E-state index in [0.29, 0.717) is 5.69 Å². The maximum absolute atomic E-state index is 9.80. The third-order valence-corrected chi connectivity index (χ3v) is 2.94. The molecule has 0 aromatic carbocycles. The number of rotatable bonds is 2. The normalized spacial score (nSPS) is 32.6. The molecule has 1 saturated heterocycles. The number of nitrogens with zero attached hydrogens (tertiary/aromatic N) is 3. The number of nitriles is 1. The second kappa shape index (κ2) is 4.43. The monoisotopic (exact) mass is 239 g/mol. The molecule has 1 aliphatic heterocycles. The van der Waals surface area contributed by atoms with Crippen LogP contribution in [0.1, 0.15) is 17.6 Å². The molecule has 7 nitrogen and oxygen atoms in total. The Bertz CT molecular complexity index is 453. The Hall–Kier alpha value is -1.46. The van der Waals surface area contributed by atoms with Crippen molar-refractivity contribution in [3.8, 4) is 6.07 Å². The van der Waals surface area contributed by atoms with Crippen LogP contribution in [-0.2, 0) is 4.74 Å². The summed E-state index contributed by atoms with van der Waals surface area (Å²) in [6, 6.07) is 1.91. The Morgan fingerprint density at radius 2 is 2.24 bits per heavy atom. The Balaban J connectivity index is 2.29. The molecule has 1 aromatic heterocycles. The van der Waals surface area contributed by atoms with Crippen LogP contribution in [0.15, 0.2) is 6.33 Å². The van der Waals surface area contributed by atoms with Gasteiger partial charge in [0, 0.05) is 0 Å². The summed E-state index contributed by atoms with van der Waals surface area (Å²) in [6.07, 6.45) is -2.61. The highest BCUT2D eigenvalue weighted by molar-refractivity contribution is 5.25. The van der Waals surface area contributed by atoms with Crippen LogP contribution < -0.4 is 0 Å². The molecular formula is C10H13N3O4. The standard InChI is InChI=1S/C10H13N3O4/c1-5-6(2-11)12-4-13(5)10-9(16)8(15)7(3-14)17-10/h4,7-10,14-16H,3H2,1H3/t7-,8-,9-,10-/m1/s1. The molecule has 3 N–H and O–H groups in total. The van der Waals surface area contributed by atoms with Crippen molar-refractivity contribution in [2.45, 2.75) is 31.5 Å². The van der Waals surface area contributed by atoms with Crippen molar-refractivity contribution >= 4 is 0 Å². The lowest BCUT2D eigenvalue weighted by Gasteiger charge is -2.17. The van der Waals surface area contributed by atoms with Gasteiger partial charge in [-0.15, -0.1) is 0 Å². The molecule has 0 amide bonds. The van der Waals surface area contributed by atoms with E-state index in [4.69, 9.17) is 15.1 Å². The lowest BCUT2D eigenvalue weighted by Crippen LogP contribution is -2.33. The molecule has 1 fully saturated rings. The summed E-state index contributed by atoms with van der Waals surface area (Å²) in [6.45, 7) is 1.29. The molecule has 1 aliphatic rings. The second-order valence-electron chi connectivity index (χ2n) is 3.93. The first-order valence-corrected chi connectivity index (χ1v) is 5.16. The molecule has 2 heterocycles. The van der Waals surface area contributed by atoms with Gasteiger partial charge in [0.2, 0.25) is 0 Å². The Kier molecular flexibility index (Phi) is 3.13. The van der Waals surface area contributed by atoms with E-state index < -0.39 is 24.5 Å². The molecular weight excluding hydrogens is 226 g/mol. The first-order valence-electron chi connectivity index (χ1n) is 5.16. The van der Waals surface area contributed by atoms with Crippen molar-refractivity contribution in [1.82, 2.24) is 9.55 Å². The summed E-state index contributed by atoms with van der Waals surface area (Å²) >= 11 is 0. The highest BCUT2D eigenvalue weighted by Crippen LogP contribution is 2.30. The Morgan fingerprint density at radius 1 is 1.53 bits per heavy atom. The number of aromatic nitrogens is 2. The van der Waals surface area contributed by atoms with Crippen molar-refractivity contribution in [2.24, 2.45) is 0 Å². The average molecular weight is 239 g/mol. The summed E-state index contributed by atoms with van der Waals surface area (Å²) < 4.78 is 6.80. The molecule has 0 spiro atoms. The fraction of sp³-hybridized carbons (Fsp3) is 0.600. The predicted molar refractivity (Wildman–Crippen MR) is 54.7 cm³/mol. The van der Waals surface area contributed by atoms with Gasteiger partial charge in [-0.3, -0.25) is 0 Å². The summed E-state index contributed by atoms with van der Waals surface area (Å²) in [5, 5.41) is 37.1. The molecule has 2 rings (SSSR count). The lowest BCUT2D eigenvalue weighted by molar-refractivity contribution is -0.0536. The molecule has 92 valence electrons. The van der Waals surface area contributed by atoms with Crippen LogP contribution in [0, 0.1) is 18.3 Å². The van der Waals surface area contributed by atoms with E-state index in [-0.39, 0.29) is 12.3 Å². The van der Waals surface area contributed by atoms with Crippen LogP contribution in [-0.4, -0.2) is 49.8 Å². The van der Waals surface area contributed by atoms with Gasteiger partial charge in [-0.25, -0.2) is 4.98 Å². The first-order chi connectivity index (χ1) is 8.10. The highest BCUT2D eigenvalue weighted by atomic mass is 16.6. The van der Waals surface area contributed by atoms with E-state index in [1.807, 2.05) is 6.07 Å². The zero-order valence-electron chi connectivity index (χ0n) is 9.19. The first kappa shape index (κ1) is 12.0. The van der Waals surface area contributed by atoms with Crippen molar-refractivity contribution < 1.29 is 20.1 Å². The van der Waals surface area contributed by atoms with Gasteiger partial charge in [-0.05, 0) is 6.92 Å². The van der Waals surface area contributed by atoms with Gasteiger partial charge in [0.05, 0.1) is 18.6 Å². The zero-order valence-corrected chi connectivity index (χ0v) is 9.19. The van der Waals surface area contributed by atoms with Gasteiger partial charge in [-0.1, -0.05) is 0 Å². The van der Waals surface area contributed by atoms with Gasteiger partial charge in [0.1, 0.15) is 24.4 Å². The Labute approximate surface area is 97.5 Å². The molecule has 0 unspecified atom stereocenters. The molecule has 0 saturated carbocycles. The maximum atomic E-state index is 9.80. The van der Waals surface area contributed by atoms with Crippen LogP contribution in [0.3, 0.4) is 0 Å². The molecule has 7 heteroatoms. The third-order valence-electron chi connectivity index (χ3n) is 2.94. The third kappa shape index (κ3) is 1.81. The lowest BCUT2D eigenvalue weighted by atomic mass is 10.1. The van der Waals surface area contributed by atoms with Gasteiger partial charge in [0.15, 0.2) is 11.9 Å². The quantitative estimate of drug-likeness (QED) is 0.590. The maximum Gasteiger partial charge on any atom is 0.164 e. The van der Waals surface area contributed by atoms with Crippen LogP contribution in [0.2, 0.25) is 0 Å². The molecule has 1 aromatic rings. The van der Waals surface area contributed by atoms with Crippen molar-refractivity contribution in [3.63, 3.8) is 0 Å². The minimum absolute atomic E-state index is 0.239. The van der Waals surface area contributed by atoms with Gasteiger partial charge in [-0.2, -0.15) is 5.26 Å². The minimum Gasteiger partial charge on any atom is -0.394 e. The van der Waals surface area contributed by atoms with Crippen molar-refractivity contribution in [1.29, 1.82) is 5.26 Å². The summed E-state index contributed by atoms with van der Waals surface area (Å²) in [5.74, 6) is 0. The van der Waals surface area contributed by atoms with Gasteiger partial charge in [0.25, 0.3) is 0 Å². The van der Waals surface area contributed by atoms with Gasteiger partial charge < -0.3 is 24.6 Å². The van der Waals surface area contributed by atoms with E-state index in [1.54, 1.807) is 6.92 Å². The van der Waals surface area contributed by atoms with Crippen molar-refractivity contribution in [3.05, 3.63) is 17.7 Å². The number of aliphatic hydroxyl groups excluding tert-OH is 3. The smallest absolute Gasteiger partial charge is 0.164 e. The number of hydrogen-bond donors (Lipinski definition) is 3. The fourth-order valence-electron chi connectivity index (χ4n) is 1.90. The minimum atomic E-state index is -1.16. The SMILES string of the molecule is Cc1c(C#N)ncn1[C@@H]1O[C@H](CO)[C@@H](O)[C@H]1O. The van der Waals surface area contributed by atoms with Crippen molar-refractivity contribution in [2.75, 3.05) is 6.61 Å². The van der Waals surface area contributed by atoms with Gasteiger partial charge >= 0.3 is 0 Å². The average Bonchev–Trinajstić information content (AvgIpc) is 2.82. The zero-order chi connectivity index (χ0) is 12.6. The number of aliphatic hydroxyl groups is 3. The van der Waals surface area contributed by atoms with Crippen LogP contribution in [0.4, 0.5) is 0 Å². The number of imidazole rings is 1. The summed E-state index contributed by atoms with van der Waals surface area (Å²) in [5.41, 5.74) is 0.782. The largest absolute Gasteiger partial charge is 0.394 e. The highest BCUT2D eigenvalue weighted by Gasteiger charge is 2.43.